The van der Waals surface area contributed by atoms with E-state index in [1.54, 1.807) is 0 Å². The van der Waals surface area contributed by atoms with Crippen molar-refractivity contribution < 1.29 is 9.30 Å². The first kappa shape index (κ1) is 35.9. The van der Waals surface area contributed by atoms with Gasteiger partial charge in [0.15, 0.2) is 0 Å². The number of aromatic nitrogens is 4. The first-order chi connectivity index (χ1) is 30.5. The lowest BCUT2D eigenvalue weighted by atomic mass is 9.83. The smallest absolute Gasteiger partial charge is 0.269 e. The van der Waals surface area contributed by atoms with Crippen molar-refractivity contribution in [3.8, 4) is 62.1 Å². The molecule has 0 atom stereocenters. The number of benzene rings is 8. The van der Waals surface area contributed by atoms with E-state index in [2.05, 4.69) is 228 Å². The zero-order valence-electron chi connectivity index (χ0n) is 34.3. The maximum atomic E-state index is 6.77. The van der Waals surface area contributed by atoms with Crippen molar-refractivity contribution in [3.63, 3.8) is 0 Å². The average Bonchev–Trinajstić information content (AvgIpc) is 3.95. The second kappa shape index (κ2) is 14.0. The zero-order valence-corrected chi connectivity index (χ0v) is 34.3. The normalized spacial score (nSPS) is 12.8. The number of nitrogens with zero attached hydrogens (tertiary/aromatic N) is 4. The topological polar surface area (TPSA) is 35.9 Å². The lowest BCUT2D eigenvalue weighted by Crippen LogP contribution is -2.31. The van der Waals surface area contributed by atoms with Gasteiger partial charge in [0.25, 0.3) is 6.33 Å². The quantitative estimate of drug-likeness (QED) is 0.119. The van der Waals surface area contributed by atoms with Crippen molar-refractivity contribution in [2.75, 3.05) is 0 Å². The number of hydrogen-bond donors (Lipinski definition) is 0. The molecule has 12 rings (SSSR count). The number of pyridine rings is 1. The second-order valence-electron chi connectivity index (χ2n) is 16.6. The summed E-state index contributed by atoms with van der Waals surface area (Å²) < 4.78 is 13.4. The predicted molar refractivity (Wildman–Crippen MR) is 251 cm³/mol. The number of para-hydroxylation sites is 4. The van der Waals surface area contributed by atoms with Crippen molar-refractivity contribution in [3.05, 3.63) is 224 Å². The Kier molecular flexibility index (Phi) is 8.12. The highest BCUT2D eigenvalue weighted by atomic mass is 16.5. The summed E-state index contributed by atoms with van der Waals surface area (Å²) in [5.41, 5.74) is 15.8. The summed E-state index contributed by atoms with van der Waals surface area (Å²) in [5, 5.41) is 2.32. The van der Waals surface area contributed by atoms with Crippen molar-refractivity contribution >= 4 is 32.8 Å². The molecule has 0 aliphatic heterocycles. The van der Waals surface area contributed by atoms with E-state index in [9.17, 15) is 0 Å². The van der Waals surface area contributed by atoms with Crippen molar-refractivity contribution in [2.24, 2.45) is 0 Å². The number of ether oxygens (including phenoxy) is 1. The fraction of sp³-hybridized carbons (Fsp3) is 0.0526. The molecule has 62 heavy (non-hydrogen) atoms. The first-order valence-electron chi connectivity index (χ1n) is 21.1. The van der Waals surface area contributed by atoms with Gasteiger partial charge in [-0.25, -0.2) is 4.98 Å². The van der Waals surface area contributed by atoms with Gasteiger partial charge in [-0.05, 0) is 87.0 Å². The van der Waals surface area contributed by atoms with E-state index in [1.165, 1.54) is 27.6 Å². The molecule has 3 aromatic heterocycles. The molecule has 0 radical (unpaired) electrons. The SMILES string of the molecule is CC1(C)c2ccccc2-c2cc(-n3c4ccccc4c4ccc(Oc5cccc(-n6[c-][n+](-c7c(-c8ccccc8)cccc7-c7ccccc7)c7ccccc76)c5)cc43)ncc21. The largest absolute Gasteiger partial charge is 0.458 e. The molecule has 1 aliphatic rings. The van der Waals surface area contributed by atoms with Crippen LogP contribution >= 0.6 is 0 Å². The lowest BCUT2D eigenvalue weighted by Gasteiger charge is -2.21. The predicted octanol–water partition coefficient (Wildman–Crippen LogP) is 13.6. The third kappa shape index (κ3) is 5.62. The molecule has 0 amide bonds. The van der Waals surface area contributed by atoms with E-state index in [4.69, 9.17) is 9.72 Å². The van der Waals surface area contributed by atoms with Crippen molar-refractivity contribution in [1.82, 2.24) is 14.1 Å². The molecule has 5 heteroatoms. The molecule has 294 valence electrons. The van der Waals surface area contributed by atoms with Gasteiger partial charge in [0.2, 0.25) is 0 Å². The molecule has 5 nitrogen and oxygen atoms in total. The van der Waals surface area contributed by atoms with Gasteiger partial charge in [-0.2, -0.15) is 0 Å². The molecule has 0 N–H and O–H groups in total. The fourth-order valence-corrected chi connectivity index (χ4v) is 9.68. The van der Waals surface area contributed by atoms with E-state index >= 15 is 0 Å². The zero-order chi connectivity index (χ0) is 41.4. The summed E-state index contributed by atoms with van der Waals surface area (Å²) in [6.45, 7) is 4.58. The molecule has 0 bridgehead atoms. The Labute approximate surface area is 360 Å². The minimum atomic E-state index is -0.115. The van der Waals surface area contributed by atoms with Crippen molar-refractivity contribution in [1.29, 1.82) is 0 Å². The molecule has 0 unspecified atom stereocenters. The van der Waals surface area contributed by atoms with Gasteiger partial charge < -0.3 is 4.74 Å². The molecule has 3 heterocycles. The van der Waals surface area contributed by atoms with Crippen LogP contribution in [0.3, 0.4) is 0 Å². The van der Waals surface area contributed by atoms with Crippen LogP contribution in [0.5, 0.6) is 11.5 Å². The van der Waals surface area contributed by atoms with Gasteiger partial charge >= 0.3 is 0 Å². The highest BCUT2D eigenvalue weighted by Crippen LogP contribution is 2.49. The van der Waals surface area contributed by atoms with E-state index in [-0.39, 0.29) is 5.41 Å². The molecule has 0 spiro atoms. The summed E-state index contributed by atoms with van der Waals surface area (Å²) >= 11 is 0. The Morgan fingerprint density at radius 2 is 1.13 bits per heavy atom. The average molecular weight is 797 g/mol. The number of rotatable bonds is 7. The van der Waals surface area contributed by atoms with Gasteiger partial charge in [0, 0.05) is 28.5 Å². The number of imidazole rings is 1. The summed E-state index contributed by atoms with van der Waals surface area (Å²) in [7, 11) is 0. The second-order valence-corrected chi connectivity index (χ2v) is 16.6. The fourth-order valence-electron chi connectivity index (χ4n) is 9.68. The summed E-state index contributed by atoms with van der Waals surface area (Å²) in [6, 6.07) is 70.5. The van der Waals surface area contributed by atoms with E-state index in [0.29, 0.717) is 0 Å². The number of hydrogen-bond acceptors (Lipinski definition) is 2. The van der Waals surface area contributed by atoms with Gasteiger partial charge in [-0.15, -0.1) is 0 Å². The Morgan fingerprint density at radius 3 is 1.92 bits per heavy atom. The summed E-state index contributed by atoms with van der Waals surface area (Å²) in [5.74, 6) is 2.35. The third-order valence-corrected chi connectivity index (χ3v) is 12.6. The van der Waals surface area contributed by atoms with Crippen LogP contribution in [0.25, 0.3) is 83.4 Å². The molecule has 0 saturated carbocycles. The lowest BCUT2D eigenvalue weighted by molar-refractivity contribution is -0.571. The molecule has 11 aromatic rings. The molecule has 0 fully saturated rings. The van der Waals surface area contributed by atoms with E-state index in [1.807, 2.05) is 12.1 Å². The molecule has 8 aromatic carbocycles. The van der Waals surface area contributed by atoms with E-state index in [0.717, 1.165) is 78.4 Å². The summed E-state index contributed by atoms with van der Waals surface area (Å²) in [4.78, 5) is 5.14. The molecule has 1 aliphatic carbocycles. The van der Waals surface area contributed by atoms with Crippen LogP contribution in [0.1, 0.15) is 25.0 Å². The van der Waals surface area contributed by atoms with Gasteiger partial charge in [-0.1, -0.05) is 166 Å². The molecular formula is C57H40N4O. The van der Waals surface area contributed by atoms with Crippen LogP contribution in [0.15, 0.2) is 206 Å². The first-order valence-corrected chi connectivity index (χ1v) is 21.1. The van der Waals surface area contributed by atoms with Crippen LogP contribution in [-0.2, 0) is 5.41 Å². The van der Waals surface area contributed by atoms with E-state index < -0.39 is 0 Å². The van der Waals surface area contributed by atoms with Gasteiger partial charge in [0.05, 0.1) is 33.4 Å². The highest BCUT2D eigenvalue weighted by molar-refractivity contribution is 6.09. The Morgan fingerprint density at radius 1 is 0.500 bits per heavy atom. The Hall–Kier alpha value is -8.02. The standard InChI is InChI=1S/C57H40N4O/c1-57(2)49-27-11-9-23-45(49)48-35-55(58-36-50(48)57)61-51-28-12-10-24-46(51)47-32-31-42(34-54(47)61)62-41-22-15-21-40(33-41)59-37-60(53-30-14-13-29-52(53)59)56-43(38-17-5-3-6-18-38)25-16-26-44(56)39-19-7-4-8-20-39/h3-36H,1-2H3. The maximum absolute atomic E-state index is 6.77. The van der Waals surface area contributed by atoms with Crippen LogP contribution in [0, 0.1) is 6.33 Å². The Bertz CT molecular complexity index is 3470. The third-order valence-electron chi connectivity index (χ3n) is 12.6. The van der Waals surface area contributed by atoms with Crippen LogP contribution in [0.2, 0.25) is 0 Å². The Balaban J connectivity index is 0.964. The minimum absolute atomic E-state index is 0.115. The van der Waals surface area contributed by atoms with Gasteiger partial charge in [-0.3, -0.25) is 13.7 Å². The van der Waals surface area contributed by atoms with Crippen LogP contribution < -0.4 is 9.30 Å². The minimum Gasteiger partial charge on any atom is -0.458 e. The highest BCUT2D eigenvalue weighted by Gasteiger charge is 2.36. The molecular weight excluding hydrogens is 757 g/mol. The maximum Gasteiger partial charge on any atom is 0.269 e. The van der Waals surface area contributed by atoms with Crippen molar-refractivity contribution in [2.45, 2.75) is 19.3 Å². The molecule has 0 saturated heterocycles. The van der Waals surface area contributed by atoms with Crippen LogP contribution in [-0.4, -0.2) is 14.1 Å². The van der Waals surface area contributed by atoms with Gasteiger partial charge in [0.1, 0.15) is 17.3 Å². The summed E-state index contributed by atoms with van der Waals surface area (Å²) in [6.07, 6.45) is 5.87. The monoisotopic (exact) mass is 796 g/mol. The number of fused-ring (bicyclic) bond motifs is 7. The van der Waals surface area contributed by atoms with Crippen LogP contribution in [0.4, 0.5) is 0 Å².